The molecular weight excluding hydrogens is 408 g/mol. The summed E-state index contributed by atoms with van der Waals surface area (Å²) in [6, 6.07) is 13.7. The predicted molar refractivity (Wildman–Crippen MR) is 110 cm³/mol. The number of carbonyl (C=O) groups is 1. The van der Waals surface area contributed by atoms with Crippen LogP contribution in [0.2, 0.25) is 0 Å². The van der Waals surface area contributed by atoms with E-state index in [1.807, 2.05) is 18.2 Å². The van der Waals surface area contributed by atoms with Crippen molar-refractivity contribution >= 4 is 27.5 Å². The molecule has 0 aliphatic carbocycles. The molecule has 1 aliphatic rings. The maximum absolute atomic E-state index is 12.8. The molecule has 27 heavy (non-hydrogen) atoms. The molecule has 2 aromatic carbocycles. The molecule has 1 heterocycles. The topological polar surface area (TPSA) is 50.8 Å². The number of nitrogens with one attached hydrogen (secondary N) is 1. The van der Waals surface area contributed by atoms with E-state index in [4.69, 9.17) is 9.47 Å². The van der Waals surface area contributed by atoms with Gasteiger partial charge < -0.3 is 14.8 Å². The van der Waals surface area contributed by atoms with Gasteiger partial charge in [-0.1, -0.05) is 28.1 Å². The van der Waals surface area contributed by atoms with Gasteiger partial charge in [-0.05, 0) is 49.2 Å². The second kappa shape index (κ2) is 9.24. The van der Waals surface area contributed by atoms with Gasteiger partial charge in [0.2, 0.25) is 5.91 Å². The lowest BCUT2D eigenvalue weighted by atomic mass is 9.96. The van der Waals surface area contributed by atoms with Crippen molar-refractivity contribution in [3.8, 4) is 11.5 Å². The average molecular weight is 433 g/mol. The van der Waals surface area contributed by atoms with E-state index in [0.29, 0.717) is 17.2 Å². The van der Waals surface area contributed by atoms with Crippen LogP contribution in [0.3, 0.4) is 0 Å². The Balaban J connectivity index is 1.65. The van der Waals surface area contributed by atoms with Gasteiger partial charge in [0.25, 0.3) is 0 Å². The van der Waals surface area contributed by atoms with Crippen molar-refractivity contribution in [3.63, 3.8) is 0 Å². The number of hydrogen-bond acceptors (Lipinski definition) is 4. The molecule has 0 radical (unpaired) electrons. The number of nitrogens with zero attached hydrogens (tertiary/aromatic N) is 1. The van der Waals surface area contributed by atoms with Crippen LogP contribution in [-0.4, -0.2) is 38.1 Å². The summed E-state index contributed by atoms with van der Waals surface area (Å²) in [6.07, 6.45) is 1.91. The number of halogens is 1. The zero-order valence-corrected chi connectivity index (χ0v) is 17.3. The third kappa shape index (κ3) is 5.23. The molecule has 0 saturated carbocycles. The quantitative estimate of drug-likeness (QED) is 0.738. The molecule has 0 aromatic heterocycles. The van der Waals surface area contributed by atoms with Crippen molar-refractivity contribution in [2.75, 3.05) is 32.6 Å². The van der Waals surface area contributed by atoms with Crippen molar-refractivity contribution < 1.29 is 14.3 Å². The van der Waals surface area contributed by atoms with Gasteiger partial charge in [0.15, 0.2) is 0 Å². The van der Waals surface area contributed by atoms with Crippen molar-refractivity contribution in [1.82, 2.24) is 4.90 Å². The first-order chi connectivity index (χ1) is 13.1. The number of hydrogen-bond donors (Lipinski definition) is 1. The fourth-order valence-corrected chi connectivity index (χ4v) is 3.90. The van der Waals surface area contributed by atoms with Crippen molar-refractivity contribution in [1.29, 1.82) is 0 Å². The zero-order chi connectivity index (χ0) is 19.2. The van der Waals surface area contributed by atoms with E-state index in [-0.39, 0.29) is 11.8 Å². The second-order valence-electron chi connectivity index (χ2n) is 6.76. The highest BCUT2D eigenvalue weighted by Gasteiger charge is 2.26. The Bertz CT molecular complexity index is 797. The van der Waals surface area contributed by atoms with Crippen molar-refractivity contribution in [2.45, 2.75) is 19.4 Å². The molecule has 1 fully saturated rings. The Morgan fingerprint density at radius 1 is 1.22 bits per heavy atom. The molecule has 6 heteroatoms. The molecule has 144 valence electrons. The van der Waals surface area contributed by atoms with E-state index in [2.05, 4.69) is 38.3 Å². The van der Waals surface area contributed by atoms with Crippen LogP contribution in [0, 0.1) is 5.92 Å². The highest BCUT2D eigenvalue weighted by atomic mass is 79.9. The minimum Gasteiger partial charge on any atom is -0.497 e. The van der Waals surface area contributed by atoms with Crippen LogP contribution in [0.5, 0.6) is 11.5 Å². The monoisotopic (exact) mass is 432 g/mol. The van der Waals surface area contributed by atoms with Crippen LogP contribution in [0.25, 0.3) is 0 Å². The summed E-state index contributed by atoms with van der Waals surface area (Å²) < 4.78 is 11.7. The van der Waals surface area contributed by atoms with E-state index in [1.165, 1.54) is 5.56 Å². The van der Waals surface area contributed by atoms with E-state index in [0.717, 1.165) is 36.9 Å². The van der Waals surface area contributed by atoms with Gasteiger partial charge in [-0.3, -0.25) is 9.69 Å². The molecule has 2 aromatic rings. The number of piperidine rings is 1. The Kier molecular flexibility index (Phi) is 6.74. The van der Waals surface area contributed by atoms with E-state index < -0.39 is 0 Å². The second-order valence-corrected chi connectivity index (χ2v) is 7.68. The highest BCUT2D eigenvalue weighted by molar-refractivity contribution is 9.10. The van der Waals surface area contributed by atoms with Gasteiger partial charge in [0.05, 0.1) is 25.8 Å². The maximum Gasteiger partial charge on any atom is 0.228 e. The number of benzene rings is 2. The van der Waals surface area contributed by atoms with E-state index >= 15 is 0 Å². The Morgan fingerprint density at radius 2 is 2.07 bits per heavy atom. The molecule has 1 atom stereocenters. The first-order valence-electron chi connectivity index (χ1n) is 9.08. The third-order valence-corrected chi connectivity index (χ3v) is 5.33. The molecule has 1 amide bonds. The van der Waals surface area contributed by atoms with Crippen molar-refractivity contribution in [3.05, 3.63) is 52.5 Å². The Morgan fingerprint density at radius 3 is 2.81 bits per heavy atom. The average Bonchev–Trinajstić information content (AvgIpc) is 2.68. The smallest absolute Gasteiger partial charge is 0.228 e. The minimum atomic E-state index is -0.0400. The lowest BCUT2D eigenvalue weighted by molar-refractivity contribution is -0.121. The molecular formula is C21H25BrN2O3. The fraction of sp³-hybridized carbons (Fsp3) is 0.381. The molecule has 1 unspecified atom stereocenters. The summed E-state index contributed by atoms with van der Waals surface area (Å²) in [5.41, 5.74) is 1.89. The number of amides is 1. The van der Waals surface area contributed by atoms with Crippen molar-refractivity contribution in [2.24, 2.45) is 5.92 Å². The van der Waals surface area contributed by atoms with E-state index in [9.17, 15) is 4.79 Å². The molecule has 0 bridgehead atoms. The van der Waals surface area contributed by atoms with Gasteiger partial charge in [0.1, 0.15) is 11.5 Å². The molecule has 1 N–H and O–H groups in total. The first-order valence-corrected chi connectivity index (χ1v) is 9.88. The number of methoxy groups -OCH3 is 2. The van der Waals surface area contributed by atoms with Gasteiger partial charge >= 0.3 is 0 Å². The standard InChI is InChI=1S/C21H25BrN2O3/c1-26-18-8-9-20(27-2)19(12-18)23-21(25)16-6-4-10-24(14-16)13-15-5-3-7-17(22)11-15/h3,5,7-9,11-12,16H,4,6,10,13-14H2,1-2H3,(H,23,25). The number of anilines is 1. The normalized spacial score (nSPS) is 17.4. The van der Waals surface area contributed by atoms with E-state index in [1.54, 1.807) is 26.4 Å². The summed E-state index contributed by atoms with van der Waals surface area (Å²) in [5.74, 6) is 1.30. The number of ether oxygens (including phenoxy) is 2. The molecule has 0 spiro atoms. The predicted octanol–water partition coefficient (Wildman–Crippen LogP) is 4.32. The third-order valence-electron chi connectivity index (χ3n) is 4.84. The SMILES string of the molecule is COc1ccc(OC)c(NC(=O)C2CCCN(Cc3cccc(Br)c3)C2)c1. The van der Waals surface area contributed by atoms with Crippen LogP contribution >= 0.6 is 15.9 Å². The summed E-state index contributed by atoms with van der Waals surface area (Å²) in [5, 5.41) is 3.02. The Labute approximate surface area is 168 Å². The number of likely N-dealkylation sites (tertiary alicyclic amines) is 1. The fourth-order valence-electron chi connectivity index (χ4n) is 3.45. The highest BCUT2D eigenvalue weighted by Crippen LogP contribution is 2.30. The zero-order valence-electron chi connectivity index (χ0n) is 15.7. The summed E-state index contributed by atoms with van der Waals surface area (Å²) in [4.78, 5) is 15.2. The molecule has 1 aliphatic heterocycles. The van der Waals surface area contributed by atoms with Crippen LogP contribution in [0.15, 0.2) is 46.9 Å². The minimum absolute atomic E-state index is 0.0282. The first kappa shape index (κ1) is 19.7. The van der Waals surface area contributed by atoms with Gasteiger partial charge in [-0.25, -0.2) is 0 Å². The van der Waals surface area contributed by atoms with Crippen LogP contribution in [0.1, 0.15) is 18.4 Å². The lowest BCUT2D eigenvalue weighted by Gasteiger charge is -2.32. The summed E-state index contributed by atoms with van der Waals surface area (Å²) in [7, 11) is 3.20. The molecule has 5 nitrogen and oxygen atoms in total. The summed E-state index contributed by atoms with van der Waals surface area (Å²) >= 11 is 3.52. The van der Waals surface area contributed by atoms with Gasteiger partial charge in [-0.2, -0.15) is 0 Å². The lowest BCUT2D eigenvalue weighted by Crippen LogP contribution is -2.40. The van der Waals surface area contributed by atoms with Crippen LogP contribution in [-0.2, 0) is 11.3 Å². The van der Waals surface area contributed by atoms with Gasteiger partial charge in [-0.15, -0.1) is 0 Å². The largest absolute Gasteiger partial charge is 0.497 e. The number of rotatable bonds is 6. The van der Waals surface area contributed by atoms with Crippen LogP contribution in [0.4, 0.5) is 5.69 Å². The maximum atomic E-state index is 12.8. The van der Waals surface area contributed by atoms with Crippen LogP contribution < -0.4 is 14.8 Å². The number of carbonyl (C=O) groups excluding carboxylic acids is 1. The Hall–Kier alpha value is -2.05. The van der Waals surface area contributed by atoms with Gasteiger partial charge in [0, 0.05) is 23.6 Å². The summed E-state index contributed by atoms with van der Waals surface area (Å²) in [6.45, 7) is 2.62. The molecule has 3 rings (SSSR count). The molecule has 1 saturated heterocycles.